The molecule has 0 saturated heterocycles. The van der Waals surface area contributed by atoms with Crippen molar-refractivity contribution in [3.8, 4) is 5.75 Å². The van der Waals surface area contributed by atoms with Crippen molar-refractivity contribution in [2.24, 2.45) is 17.8 Å². The fourth-order valence-corrected chi connectivity index (χ4v) is 5.06. The van der Waals surface area contributed by atoms with Crippen LogP contribution in [0.15, 0.2) is 12.1 Å². The second-order valence-electron chi connectivity index (χ2n) is 7.82. The van der Waals surface area contributed by atoms with Crippen molar-refractivity contribution in [1.82, 2.24) is 0 Å². The van der Waals surface area contributed by atoms with Crippen LogP contribution in [0.25, 0.3) is 0 Å². The zero-order valence-corrected chi connectivity index (χ0v) is 15.5. The van der Waals surface area contributed by atoms with Crippen molar-refractivity contribution in [3.63, 3.8) is 0 Å². The molecule has 3 rings (SSSR count). The molecule has 1 aromatic carbocycles. The van der Waals surface area contributed by atoms with Crippen molar-refractivity contribution < 1.29 is 22.3 Å². The molecule has 0 N–H and O–H groups in total. The Morgan fingerprint density at radius 1 is 1.04 bits per heavy atom. The van der Waals surface area contributed by atoms with E-state index < -0.39 is 35.8 Å². The van der Waals surface area contributed by atoms with Crippen LogP contribution in [-0.4, -0.2) is 19.0 Å². The van der Waals surface area contributed by atoms with Gasteiger partial charge in [0.15, 0.2) is 11.6 Å². The van der Waals surface area contributed by atoms with Crippen LogP contribution in [0.3, 0.4) is 0 Å². The van der Waals surface area contributed by atoms with Gasteiger partial charge in [0.25, 0.3) is 0 Å². The quantitative estimate of drug-likeness (QED) is 0.547. The van der Waals surface area contributed by atoms with Crippen molar-refractivity contribution in [3.05, 3.63) is 29.3 Å². The van der Waals surface area contributed by atoms with Crippen LogP contribution in [0.4, 0.5) is 17.6 Å². The Morgan fingerprint density at radius 3 is 2.50 bits per heavy atom. The lowest BCUT2D eigenvalue weighted by molar-refractivity contribution is 0.108. The summed E-state index contributed by atoms with van der Waals surface area (Å²) >= 11 is 0. The summed E-state index contributed by atoms with van der Waals surface area (Å²) in [5.41, 5.74) is 0.0174. The predicted molar refractivity (Wildman–Crippen MR) is 93.9 cm³/mol. The number of hydrogen-bond donors (Lipinski definition) is 0. The third-order valence-electron chi connectivity index (χ3n) is 6.25. The molecule has 1 aromatic rings. The van der Waals surface area contributed by atoms with Crippen LogP contribution >= 0.6 is 0 Å². The highest BCUT2D eigenvalue weighted by atomic mass is 19.2. The first kappa shape index (κ1) is 19.5. The van der Waals surface area contributed by atoms with Gasteiger partial charge in [-0.25, -0.2) is 13.2 Å². The molecular formula is C21H28F4O. The number of rotatable bonds is 5. The van der Waals surface area contributed by atoms with E-state index in [4.69, 9.17) is 4.74 Å². The van der Waals surface area contributed by atoms with Crippen LogP contribution in [0.2, 0.25) is 0 Å². The number of ether oxygens (including phenoxy) is 1. The summed E-state index contributed by atoms with van der Waals surface area (Å²) in [5, 5.41) is 0. The van der Waals surface area contributed by atoms with E-state index in [0.29, 0.717) is 18.8 Å². The molecule has 0 heterocycles. The Balaban J connectivity index is 1.82. The molecule has 2 fully saturated rings. The maximum absolute atomic E-state index is 15.2. The first-order valence-corrected chi connectivity index (χ1v) is 9.86. The molecule has 2 aliphatic carbocycles. The molecule has 26 heavy (non-hydrogen) atoms. The number of hydrogen-bond acceptors (Lipinski definition) is 1. The monoisotopic (exact) mass is 372 g/mol. The van der Waals surface area contributed by atoms with E-state index in [1.54, 1.807) is 6.92 Å². The minimum absolute atomic E-state index is 0.0174. The Labute approximate surface area is 153 Å². The molecule has 0 amide bonds. The molecule has 0 spiro atoms. The van der Waals surface area contributed by atoms with Crippen LogP contribution in [-0.2, 0) is 0 Å². The van der Waals surface area contributed by atoms with Gasteiger partial charge < -0.3 is 4.74 Å². The predicted octanol–water partition coefficient (Wildman–Crippen LogP) is 6.36. The second kappa shape index (κ2) is 8.18. The molecule has 2 saturated carbocycles. The van der Waals surface area contributed by atoms with Crippen LogP contribution < -0.4 is 4.74 Å². The highest BCUT2D eigenvalue weighted by Crippen LogP contribution is 2.52. The van der Waals surface area contributed by atoms with Gasteiger partial charge in [0.1, 0.15) is 12.3 Å². The van der Waals surface area contributed by atoms with Gasteiger partial charge in [-0.05, 0) is 49.7 Å². The fourth-order valence-electron chi connectivity index (χ4n) is 5.06. The van der Waals surface area contributed by atoms with Crippen LogP contribution in [0.5, 0.6) is 5.75 Å². The molecule has 146 valence electrons. The SMILES string of the molecule is CCCC1CCC2CC(c3ccc(OCC)c(F)c3F)C(F)C2C(F)C1. The van der Waals surface area contributed by atoms with E-state index in [0.717, 1.165) is 25.7 Å². The summed E-state index contributed by atoms with van der Waals surface area (Å²) < 4.78 is 63.7. The fraction of sp³-hybridized carbons (Fsp3) is 0.714. The lowest BCUT2D eigenvalue weighted by Gasteiger charge is -2.23. The Hall–Kier alpha value is -1.26. The zero-order valence-electron chi connectivity index (χ0n) is 15.5. The topological polar surface area (TPSA) is 9.23 Å². The van der Waals surface area contributed by atoms with Crippen LogP contribution in [0.1, 0.15) is 63.9 Å². The summed E-state index contributed by atoms with van der Waals surface area (Å²) in [6.07, 6.45) is 1.75. The molecule has 2 aliphatic rings. The molecule has 6 unspecified atom stereocenters. The molecule has 0 bridgehead atoms. The highest BCUT2D eigenvalue weighted by molar-refractivity contribution is 5.34. The maximum atomic E-state index is 15.2. The molecule has 0 aromatic heterocycles. The first-order valence-electron chi connectivity index (χ1n) is 9.86. The van der Waals surface area contributed by atoms with E-state index in [1.165, 1.54) is 12.1 Å². The van der Waals surface area contributed by atoms with E-state index in [1.807, 2.05) is 0 Å². The molecule has 0 aliphatic heterocycles. The van der Waals surface area contributed by atoms with E-state index in [-0.39, 0.29) is 23.8 Å². The van der Waals surface area contributed by atoms with Gasteiger partial charge in [-0.3, -0.25) is 0 Å². The van der Waals surface area contributed by atoms with Crippen molar-refractivity contribution in [2.45, 2.75) is 70.6 Å². The van der Waals surface area contributed by atoms with Gasteiger partial charge in [0, 0.05) is 11.8 Å². The molecule has 0 radical (unpaired) electrons. The van der Waals surface area contributed by atoms with Gasteiger partial charge in [-0.2, -0.15) is 4.39 Å². The Bertz CT molecular complexity index is 620. The summed E-state index contributed by atoms with van der Waals surface area (Å²) in [4.78, 5) is 0. The largest absolute Gasteiger partial charge is 0.491 e. The van der Waals surface area contributed by atoms with Gasteiger partial charge in [0.2, 0.25) is 5.82 Å². The minimum atomic E-state index is -1.47. The standard InChI is InChI=1S/C21H28F4O/c1-3-5-12-6-7-13-11-15(19(23)18(13)16(22)10-12)14-8-9-17(26-4-2)21(25)20(14)24/h8-9,12-13,15-16,18-19H,3-7,10-11H2,1-2H3. The van der Waals surface area contributed by atoms with Gasteiger partial charge in [-0.1, -0.05) is 32.3 Å². The molecule has 6 atom stereocenters. The highest BCUT2D eigenvalue weighted by Gasteiger charge is 2.50. The lowest BCUT2D eigenvalue weighted by atomic mass is 9.88. The Kier molecular flexibility index (Phi) is 6.13. The van der Waals surface area contributed by atoms with Gasteiger partial charge in [0.05, 0.1) is 6.61 Å². The normalized spacial score (nSPS) is 34.4. The summed E-state index contributed by atoms with van der Waals surface area (Å²) in [6.45, 7) is 3.98. The van der Waals surface area contributed by atoms with E-state index >= 15 is 4.39 Å². The van der Waals surface area contributed by atoms with Crippen molar-refractivity contribution >= 4 is 0 Å². The summed E-state index contributed by atoms with van der Waals surface area (Å²) in [6, 6.07) is 2.75. The smallest absolute Gasteiger partial charge is 0.200 e. The number of fused-ring (bicyclic) bond motifs is 1. The maximum Gasteiger partial charge on any atom is 0.200 e. The number of benzene rings is 1. The second-order valence-corrected chi connectivity index (χ2v) is 7.82. The zero-order chi connectivity index (χ0) is 18.8. The lowest BCUT2D eigenvalue weighted by Crippen LogP contribution is -2.28. The molecular weight excluding hydrogens is 344 g/mol. The average Bonchev–Trinajstić information content (AvgIpc) is 2.84. The molecule has 5 heteroatoms. The first-order chi connectivity index (χ1) is 12.5. The van der Waals surface area contributed by atoms with E-state index in [9.17, 15) is 13.2 Å². The number of halogens is 4. The minimum Gasteiger partial charge on any atom is -0.491 e. The Morgan fingerprint density at radius 2 is 1.81 bits per heavy atom. The van der Waals surface area contributed by atoms with Crippen molar-refractivity contribution in [1.29, 1.82) is 0 Å². The average molecular weight is 372 g/mol. The van der Waals surface area contributed by atoms with Gasteiger partial charge >= 0.3 is 0 Å². The third-order valence-corrected chi connectivity index (χ3v) is 6.25. The van der Waals surface area contributed by atoms with Crippen molar-refractivity contribution in [2.75, 3.05) is 6.61 Å². The van der Waals surface area contributed by atoms with Gasteiger partial charge in [-0.15, -0.1) is 0 Å². The summed E-state index contributed by atoms with van der Waals surface area (Å²) in [7, 11) is 0. The number of alkyl halides is 2. The summed E-state index contributed by atoms with van der Waals surface area (Å²) in [5.74, 6) is -3.57. The van der Waals surface area contributed by atoms with E-state index in [2.05, 4.69) is 6.92 Å². The van der Waals surface area contributed by atoms with Crippen LogP contribution in [0, 0.1) is 29.4 Å². The molecule has 1 nitrogen and oxygen atoms in total. The third kappa shape index (κ3) is 3.59.